The number of likely N-dealkylation sites (N-methyl/N-ethyl adjacent to an activating group) is 1. The van der Waals surface area contributed by atoms with Gasteiger partial charge in [-0.25, -0.2) is 0 Å². The standard InChI is InChI=1S/C14H24N2/c1-4-16(5-2)11-10-15-12-14-9-7-6-8-13(14)3/h6-9,15H,4-5,10-12H2,1-3H3. The molecule has 0 aliphatic carbocycles. The van der Waals surface area contributed by atoms with Crippen LogP contribution in [0.4, 0.5) is 0 Å². The Kier molecular flexibility index (Phi) is 6.12. The van der Waals surface area contributed by atoms with Gasteiger partial charge in [0, 0.05) is 19.6 Å². The Bertz CT molecular complexity index is 293. The molecule has 0 radical (unpaired) electrons. The Morgan fingerprint density at radius 1 is 1.12 bits per heavy atom. The second-order valence-electron chi connectivity index (χ2n) is 4.13. The fourth-order valence-electron chi connectivity index (χ4n) is 1.81. The van der Waals surface area contributed by atoms with Crippen LogP contribution in [0.25, 0.3) is 0 Å². The van der Waals surface area contributed by atoms with Gasteiger partial charge >= 0.3 is 0 Å². The molecule has 0 unspecified atom stereocenters. The zero-order chi connectivity index (χ0) is 11.8. The van der Waals surface area contributed by atoms with Crippen molar-refractivity contribution in [2.45, 2.75) is 27.3 Å². The average Bonchev–Trinajstić information content (AvgIpc) is 2.31. The van der Waals surface area contributed by atoms with Gasteiger partial charge < -0.3 is 10.2 Å². The van der Waals surface area contributed by atoms with Crippen molar-refractivity contribution in [3.63, 3.8) is 0 Å². The van der Waals surface area contributed by atoms with Crippen molar-refractivity contribution in [2.24, 2.45) is 0 Å². The highest BCUT2D eigenvalue weighted by Crippen LogP contribution is 2.05. The Labute approximate surface area is 99.7 Å². The van der Waals surface area contributed by atoms with Crippen LogP contribution in [0.3, 0.4) is 0 Å². The fourth-order valence-corrected chi connectivity index (χ4v) is 1.81. The summed E-state index contributed by atoms with van der Waals surface area (Å²) in [6.45, 7) is 12.1. The van der Waals surface area contributed by atoms with Crippen molar-refractivity contribution >= 4 is 0 Å². The Morgan fingerprint density at radius 3 is 2.44 bits per heavy atom. The number of benzene rings is 1. The van der Waals surface area contributed by atoms with Gasteiger partial charge in [0.2, 0.25) is 0 Å². The SMILES string of the molecule is CCN(CC)CCNCc1ccccc1C. The summed E-state index contributed by atoms with van der Waals surface area (Å²) in [4.78, 5) is 2.44. The van der Waals surface area contributed by atoms with Gasteiger partial charge in [0.05, 0.1) is 0 Å². The lowest BCUT2D eigenvalue weighted by Gasteiger charge is -2.18. The third-order valence-corrected chi connectivity index (χ3v) is 3.08. The molecule has 1 aromatic rings. The van der Waals surface area contributed by atoms with Gasteiger partial charge in [-0.15, -0.1) is 0 Å². The van der Waals surface area contributed by atoms with Crippen LogP contribution in [-0.2, 0) is 6.54 Å². The number of hydrogen-bond acceptors (Lipinski definition) is 2. The minimum absolute atomic E-state index is 0.980. The molecule has 90 valence electrons. The van der Waals surface area contributed by atoms with E-state index in [1.807, 2.05) is 0 Å². The normalized spacial score (nSPS) is 11.0. The predicted octanol–water partition coefficient (Wildman–Crippen LogP) is 2.43. The highest BCUT2D eigenvalue weighted by atomic mass is 15.1. The smallest absolute Gasteiger partial charge is 0.0208 e. The van der Waals surface area contributed by atoms with Crippen LogP contribution in [0.15, 0.2) is 24.3 Å². The molecule has 0 bridgehead atoms. The first-order valence-electron chi connectivity index (χ1n) is 6.25. The van der Waals surface area contributed by atoms with Crippen molar-refractivity contribution in [1.29, 1.82) is 0 Å². The molecular formula is C14H24N2. The minimum atomic E-state index is 0.980. The number of aryl methyl sites for hydroxylation is 1. The third kappa shape index (κ3) is 4.33. The largest absolute Gasteiger partial charge is 0.311 e. The Morgan fingerprint density at radius 2 is 1.81 bits per heavy atom. The van der Waals surface area contributed by atoms with Gasteiger partial charge in [-0.1, -0.05) is 38.1 Å². The van der Waals surface area contributed by atoms with Gasteiger partial charge in [-0.2, -0.15) is 0 Å². The van der Waals surface area contributed by atoms with E-state index in [1.165, 1.54) is 11.1 Å². The maximum absolute atomic E-state index is 3.50. The first kappa shape index (κ1) is 13.2. The molecule has 1 N–H and O–H groups in total. The first-order valence-corrected chi connectivity index (χ1v) is 6.25. The molecule has 0 aliphatic rings. The molecule has 1 aromatic carbocycles. The van der Waals surface area contributed by atoms with Crippen LogP contribution in [-0.4, -0.2) is 31.1 Å². The lowest BCUT2D eigenvalue weighted by Crippen LogP contribution is -2.31. The summed E-state index contributed by atoms with van der Waals surface area (Å²) in [6.07, 6.45) is 0. The molecule has 2 heteroatoms. The topological polar surface area (TPSA) is 15.3 Å². The molecule has 0 atom stereocenters. The van der Waals surface area contributed by atoms with E-state index in [-0.39, 0.29) is 0 Å². The summed E-state index contributed by atoms with van der Waals surface area (Å²) in [5.41, 5.74) is 2.78. The monoisotopic (exact) mass is 220 g/mol. The lowest BCUT2D eigenvalue weighted by atomic mass is 10.1. The van der Waals surface area contributed by atoms with Crippen LogP contribution in [0.2, 0.25) is 0 Å². The van der Waals surface area contributed by atoms with Crippen molar-refractivity contribution in [1.82, 2.24) is 10.2 Å². The summed E-state index contributed by atoms with van der Waals surface area (Å²) in [6, 6.07) is 8.56. The predicted molar refractivity (Wildman–Crippen MR) is 70.7 cm³/mol. The summed E-state index contributed by atoms with van der Waals surface area (Å²) in [5, 5.41) is 3.50. The van der Waals surface area contributed by atoms with E-state index in [2.05, 4.69) is 55.3 Å². The Hall–Kier alpha value is -0.860. The van der Waals surface area contributed by atoms with E-state index in [1.54, 1.807) is 0 Å². The zero-order valence-corrected chi connectivity index (χ0v) is 10.8. The number of nitrogens with one attached hydrogen (secondary N) is 1. The maximum atomic E-state index is 3.50. The quantitative estimate of drug-likeness (QED) is 0.710. The van der Waals surface area contributed by atoms with Gasteiger partial charge in [0.15, 0.2) is 0 Å². The van der Waals surface area contributed by atoms with Gasteiger partial charge in [-0.05, 0) is 31.1 Å². The molecule has 0 spiro atoms. The van der Waals surface area contributed by atoms with Gasteiger partial charge in [-0.3, -0.25) is 0 Å². The van der Waals surface area contributed by atoms with E-state index in [9.17, 15) is 0 Å². The highest BCUT2D eigenvalue weighted by molar-refractivity contribution is 5.25. The molecule has 2 nitrogen and oxygen atoms in total. The molecule has 0 saturated heterocycles. The Balaban J connectivity index is 2.23. The van der Waals surface area contributed by atoms with Crippen LogP contribution < -0.4 is 5.32 Å². The third-order valence-electron chi connectivity index (χ3n) is 3.08. The summed E-state index contributed by atoms with van der Waals surface area (Å²) in [5.74, 6) is 0. The van der Waals surface area contributed by atoms with E-state index in [0.29, 0.717) is 0 Å². The number of rotatable bonds is 7. The fraction of sp³-hybridized carbons (Fsp3) is 0.571. The number of nitrogens with zero attached hydrogens (tertiary/aromatic N) is 1. The van der Waals surface area contributed by atoms with E-state index >= 15 is 0 Å². The van der Waals surface area contributed by atoms with E-state index in [0.717, 1.165) is 32.7 Å². The number of hydrogen-bond donors (Lipinski definition) is 1. The molecular weight excluding hydrogens is 196 g/mol. The van der Waals surface area contributed by atoms with Crippen molar-refractivity contribution < 1.29 is 0 Å². The van der Waals surface area contributed by atoms with Gasteiger partial charge in [0.25, 0.3) is 0 Å². The molecule has 16 heavy (non-hydrogen) atoms. The van der Waals surface area contributed by atoms with Crippen LogP contribution >= 0.6 is 0 Å². The van der Waals surface area contributed by atoms with E-state index in [4.69, 9.17) is 0 Å². The van der Waals surface area contributed by atoms with Crippen molar-refractivity contribution in [3.8, 4) is 0 Å². The molecule has 0 saturated carbocycles. The second kappa shape index (κ2) is 7.42. The van der Waals surface area contributed by atoms with Crippen LogP contribution in [0.1, 0.15) is 25.0 Å². The molecule has 0 aliphatic heterocycles. The zero-order valence-electron chi connectivity index (χ0n) is 10.8. The molecule has 0 amide bonds. The highest BCUT2D eigenvalue weighted by Gasteiger charge is 1.99. The summed E-state index contributed by atoms with van der Waals surface area (Å²) < 4.78 is 0. The molecule has 0 heterocycles. The van der Waals surface area contributed by atoms with E-state index < -0.39 is 0 Å². The van der Waals surface area contributed by atoms with Gasteiger partial charge in [0.1, 0.15) is 0 Å². The van der Waals surface area contributed by atoms with Crippen LogP contribution in [0, 0.1) is 6.92 Å². The van der Waals surface area contributed by atoms with Crippen LogP contribution in [0.5, 0.6) is 0 Å². The molecule has 0 fully saturated rings. The molecule has 0 aromatic heterocycles. The lowest BCUT2D eigenvalue weighted by molar-refractivity contribution is 0.302. The second-order valence-corrected chi connectivity index (χ2v) is 4.13. The first-order chi connectivity index (χ1) is 7.77. The van der Waals surface area contributed by atoms with Crippen molar-refractivity contribution in [2.75, 3.05) is 26.2 Å². The summed E-state index contributed by atoms with van der Waals surface area (Å²) >= 11 is 0. The molecule has 1 rings (SSSR count). The summed E-state index contributed by atoms with van der Waals surface area (Å²) in [7, 11) is 0. The maximum Gasteiger partial charge on any atom is 0.0208 e. The minimum Gasteiger partial charge on any atom is -0.311 e. The van der Waals surface area contributed by atoms with Crippen molar-refractivity contribution in [3.05, 3.63) is 35.4 Å². The average molecular weight is 220 g/mol.